The van der Waals surface area contributed by atoms with E-state index >= 15 is 0 Å². The predicted octanol–water partition coefficient (Wildman–Crippen LogP) is 2.42. The number of aryl methyl sites for hydroxylation is 1. The molecule has 0 amide bonds. The Kier molecular flexibility index (Phi) is 2.84. The van der Waals surface area contributed by atoms with E-state index in [1.165, 1.54) is 6.07 Å². The van der Waals surface area contributed by atoms with E-state index in [0.717, 1.165) is 22.7 Å². The summed E-state index contributed by atoms with van der Waals surface area (Å²) in [7, 11) is 1.84. The fraction of sp³-hybridized carbons (Fsp3) is 0.0714. The Hall–Kier alpha value is -3.27. The van der Waals surface area contributed by atoms with Crippen molar-refractivity contribution in [1.29, 1.82) is 5.26 Å². The molecule has 3 rings (SSSR count). The van der Waals surface area contributed by atoms with Gasteiger partial charge in [0.1, 0.15) is 12.3 Å². The molecule has 0 aliphatic rings. The van der Waals surface area contributed by atoms with Gasteiger partial charge >= 0.3 is 0 Å². The summed E-state index contributed by atoms with van der Waals surface area (Å²) < 4.78 is 1.74. The summed E-state index contributed by atoms with van der Waals surface area (Å²) in [5, 5.41) is 25.0. The van der Waals surface area contributed by atoms with Gasteiger partial charge in [-0.05, 0) is 12.1 Å². The van der Waals surface area contributed by atoms with Gasteiger partial charge < -0.3 is 0 Å². The molecule has 0 aliphatic carbocycles. The molecule has 0 fully saturated rings. The van der Waals surface area contributed by atoms with Gasteiger partial charge in [-0.1, -0.05) is 6.07 Å². The second-order valence-electron chi connectivity index (χ2n) is 4.50. The Labute approximate surface area is 119 Å². The smallest absolute Gasteiger partial charge is 0.268 e. The van der Waals surface area contributed by atoms with Crippen molar-refractivity contribution < 1.29 is 4.92 Å². The van der Waals surface area contributed by atoms with Crippen LogP contribution in [-0.4, -0.2) is 19.7 Å². The first-order valence-electron chi connectivity index (χ1n) is 6.07. The van der Waals surface area contributed by atoms with Crippen LogP contribution in [0.4, 0.5) is 5.69 Å². The Balaban J connectivity index is 2.18. The van der Waals surface area contributed by atoms with E-state index in [-0.39, 0.29) is 11.3 Å². The maximum Gasteiger partial charge on any atom is 0.288 e. The minimum absolute atomic E-state index is 0.174. The van der Waals surface area contributed by atoms with Crippen LogP contribution in [-0.2, 0) is 7.05 Å². The maximum atomic E-state index is 10.7. The zero-order valence-electron chi connectivity index (χ0n) is 11.0. The number of nitro groups is 1. The Morgan fingerprint density at radius 2 is 2.14 bits per heavy atom. The first-order chi connectivity index (χ1) is 10.1. The van der Waals surface area contributed by atoms with Crippen molar-refractivity contribution in [2.24, 2.45) is 7.05 Å². The lowest BCUT2D eigenvalue weighted by Crippen LogP contribution is -1.94. The molecule has 3 aromatic rings. The fourth-order valence-corrected chi connectivity index (χ4v) is 2.18. The number of benzene rings is 1. The van der Waals surface area contributed by atoms with Crippen LogP contribution in [0.3, 0.4) is 0 Å². The van der Waals surface area contributed by atoms with Crippen LogP contribution in [0.5, 0.6) is 0 Å². The van der Waals surface area contributed by atoms with Gasteiger partial charge in [-0.2, -0.15) is 10.4 Å². The van der Waals surface area contributed by atoms with Crippen LogP contribution in [0.15, 0.2) is 36.7 Å². The molecule has 102 valence electrons. The summed E-state index contributed by atoms with van der Waals surface area (Å²) in [5.41, 5.74) is 2.08. The van der Waals surface area contributed by atoms with E-state index in [1.807, 2.05) is 31.3 Å². The molecule has 0 bridgehead atoms. The molecule has 0 spiro atoms. The second kappa shape index (κ2) is 4.68. The largest absolute Gasteiger partial charge is 0.288 e. The molecule has 7 heteroatoms. The van der Waals surface area contributed by atoms with Crippen molar-refractivity contribution in [2.45, 2.75) is 0 Å². The average molecular weight is 279 g/mol. The average Bonchev–Trinajstić information content (AvgIpc) is 2.87. The van der Waals surface area contributed by atoms with Gasteiger partial charge in [0.25, 0.3) is 5.69 Å². The summed E-state index contributed by atoms with van der Waals surface area (Å²) in [6, 6.07) is 8.74. The van der Waals surface area contributed by atoms with Gasteiger partial charge in [0, 0.05) is 24.1 Å². The van der Waals surface area contributed by atoms with Crippen LogP contribution < -0.4 is 0 Å². The molecule has 1 aromatic carbocycles. The molecule has 2 aromatic heterocycles. The van der Waals surface area contributed by atoms with E-state index in [2.05, 4.69) is 10.1 Å². The topological polar surface area (TPSA) is 97.6 Å². The number of nitrogens with zero attached hydrogens (tertiary/aromatic N) is 5. The molecule has 0 atom stereocenters. The van der Waals surface area contributed by atoms with Crippen molar-refractivity contribution in [3.63, 3.8) is 0 Å². The van der Waals surface area contributed by atoms with E-state index in [1.54, 1.807) is 10.9 Å². The highest BCUT2D eigenvalue weighted by Gasteiger charge is 2.14. The molecule has 21 heavy (non-hydrogen) atoms. The van der Waals surface area contributed by atoms with Crippen molar-refractivity contribution in [2.75, 3.05) is 0 Å². The normalized spacial score (nSPS) is 10.5. The van der Waals surface area contributed by atoms with Gasteiger partial charge in [0.2, 0.25) is 0 Å². The van der Waals surface area contributed by atoms with E-state index in [9.17, 15) is 15.4 Å². The highest BCUT2D eigenvalue weighted by Crippen LogP contribution is 2.27. The first kappa shape index (κ1) is 12.7. The van der Waals surface area contributed by atoms with Gasteiger partial charge in [-0.25, -0.2) is 4.98 Å². The summed E-state index contributed by atoms with van der Waals surface area (Å²) in [6.45, 7) is 0. The van der Waals surface area contributed by atoms with Crippen molar-refractivity contribution in [1.82, 2.24) is 14.8 Å². The lowest BCUT2D eigenvalue weighted by atomic mass is 10.0. The summed E-state index contributed by atoms with van der Waals surface area (Å²) in [5.74, 6) is 0. The maximum absolute atomic E-state index is 10.7. The van der Waals surface area contributed by atoms with Crippen molar-refractivity contribution in [3.05, 3.63) is 52.3 Å². The van der Waals surface area contributed by atoms with Crippen molar-refractivity contribution in [3.8, 4) is 17.3 Å². The summed E-state index contributed by atoms with van der Waals surface area (Å²) >= 11 is 0. The van der Waals surface area contributed by atoms with Crippen molar-refractivity contribution >= 4 is 16.6 Å². The number of hydrogen-bond donors (Lipinski definition) is 0. The molecule has 7 nitrogen and oxygen atoms in total. The lowest BCUT2D eigenvalue weighted by molar-refractivity contribution is -0.385. The minimum atomic E-state index is -0.568. The molecule has 0 saturated heterocycles. The Morgan fingerprint density at radius 1 is 1.33 bits per heavy atom. The summed E-state index contributed by atoms with van der Waals surface area (Å²) in [4.78, 5) is 14.2. The van der Waals surface area contributed by atoms with Crippen LogP contribution >= 0.6 is 0 Å². The number of fused-ring (bicyclic) bond motifs is 1. The molecule has 0 aliphatic heterocycles. The van der Waals surface area contributed by atoms with E-state index < -0.39 is 4.92 Å². The van der Waals surface area contributed by atoms with Gasteiger partial charge in [0.15, 0.2) is 0 Å². The third-order valence-electron chi connectivity index (χ3n) is 3.22. The van der Waals surface area contributed by atoms with E-state index in [0.29, 0.717) is 5.69 Å². The lowest BCUT2D eigenvalue weighted by Gasteiger charge is -2.04. The third kappa shape index (κ3) is 2.08. The highest BCUT2D eigenvalue weighted by atomic mass is 16.6. The van der Waals surface area contributed by atoms with E-state index in [4.69, 9.17) is 0 Å². The van der Waals surface area contributed by atoms with Gasteiger partial charge in [-0.3, -0.25) is 14.8 Å². The Morgan fingerprint density at radius 3 is 2.86 bits per heavy atom. The number of pyridine rings is 1. The zero-order chi connectivity index (χ0) is 15.0. The Bertz CT molecular complexity index is 907. The molecular weight excluding hydrogens is 270 g/mol. The third-order valence-corrected chi connectivity index (χ3v) is 3.22. The predicted molar refractivity (Wildman–Crippen MR) is 75.3 cm³/mol. The molecule has 0 radical (unpaired) electrons. The number of hydrogen-bond acceptors (Lipinski definition) is 5. The monoisotopic (exact) mass is 279 g/mol. The second-order valence-corrected chi connectivity index (χ2v) is 4.50. The quantitative estimate of drug-likeness (QED) is 0.530. The minimum Gasteiger partial charge on any atom is -0.268 e. The molecular formula is C14H9N5O2. The summed E-state index contributed by atoms with van der Waals surface area (Å²) in [6.07, 6.45) is 2.87. The first-order valence-corrected chi connectivity index (χ1v) is 6.07. The zero-order valence-corrected chi connectivity index (χ0v) is 11.0. The van der Waals surface area contributed by atoms with Crippen LogP contribution in [0.1, 0.15) is 5.56 Å². The molecule has 0 unspecified atom stereocenters. The number of rotatable bonds is 2. The molecule has 0 N–H and O–H groups in total. The standard InChI is InChI=1S/C14H9N5O2/c1-18-13-3-2-9(4-11(13)7-17-18)14-10(6-15)5-12(8-16-14)19(20)21/h2-5,7-8H,1H3. The van der Waals surface area contributed by atoms with Crippen LogP contribution in [0.25, 0.3) is 22.2 Å². The SMILES string of the molecule is Cn1ncc2cc(-c3ncc([N+](=O)[O-])cc3C#N)ccc21. The fourth-order valence-electron chi connectivity index (χ4n) is 2.18. The number of nitriles is 1. The molecule has 0 saturated carbocycles. The van der Waals surface area contributed by atoms with Gasteiger partial charge in [0.05, 0.1) is 27.9 Å². The molecule has 2 heterocycles. The van der Waals surface area contributed by atoms with Crippen LogP contribution in [0, 0.1) is 21.4 Å². The highest BCUT2D eigenvalue weighted by molar-refractivity contribution is 5.84. The number of aromatic nitrogens is 3. The van der Waals surface area contributed by atoms with Crippen LogP contribution in [0.2, 0.25) is 0 Å². The van der Waals surface area contributed by atoms with Gasteiger partial charge in [-0.15, -0.1) is 0 Å².